The minimum atomic E-state index is -0.991. The first-order chi connectivity index (χ1) is 38.0. The Balaban J connectivity index is 0.000000494. The second-order valence-corrected chi connectivity index (χ2v) is 24.1. The van der Waals surface area contributed by atoms with Crippen LogP contribution in [0.1, 0.15) is 261 Å². The van der Waals surface area contributed by atoms with Gasteiger partial charge in [-0.2, -0.15) is 0 Å². The fourth-order valence-corrected chi connectivity index (χ4v) is 8.61. The van der Waals surface area contributed by atoms with Gasteiger partial charge in [0.15, 0.2) is 5.78 Å². The lowest BCUT2D eigenvalue weighted by molar-refractivity contribution is -0.131. The number of hydrogen-bond acceptors (Lipinski definition) is 9. The van der Waals surface area contributed by atoms with E-state index in [9.17, 15) is 40.2 Å². The van der Waals surface area contributed by atoms with Crippen LogP contribution in [0.2, 0.25) is 0 Å². The van der Waals surface area contributed by atoms with Crippen molar-refractivity contribution in [3.05, 3.63) is 183 Å². The van der Waals surface area contributed by atoms with E-state index in [-0.39, 0.29) is 41.0 Å². The molecule has 2 atom stereocenters. The van der Waals surface area contributed by atoms with Crippen LogP contribution in [0.15, 0.2) is 127 Å². The van der Waals surface area contributed by atoms with Crippen molar-refractivity contribution < 1.29 is 45.0 Å². The van der Waals surface area contributed by atoms with Gasteiger partial charge in [-0.3, -0.25) is 9.59 Å². The van der Waals surface area contributed by atoms with Crippen LogP contribution in [0.5, 0.6) is 34.5 Å². The summed E-state index contributed by atoms with van der Waals surface area (Å²) in [7, 11) is 0. The third-order valence-electron chi connectivity index (χ3n) is 14.8. The number of phenols is 5. The summed E-state index contributed by atoms with van der Waals surface area (Å²) in [5, 5.41) is 59.9. The maximum absolute atomic E-state index is 11.1. The molecule has 6 aromatic carbocycles. The summed E-state index contributed by atoms with van der Waals surface area (Å²) in [5.74, 6) is 5.01. The van der Waals surface area contributed by atoms with Gasteiger partial charge in [0.1, 0.15) is 34.5 Å². The van der Waals surface area contributed by atoms with Crippen molar-refractivity contribution in [2.45, 2.75) is 206 Å². The summed E-state index contributed by atoms with van der Waals surface area (Å²) in [6, 6.07) is 38.0. The monoisotopic (exact) mass is 1120 g/mol. The smallest absolute Gasteiger partial charge is 0.308 e. The van der Waals surface area contributed by atoms with Crippen LogP contribution in [0.4, 0.5) is 0 Å². The highest BCUT2D eigenvalue weighted by Gasteiger charge is 2.31. The van der Waals surface area contributed by atoms with Crippen molar-refractivity contribution in [2.24, 2.45) is 11.8 Å². The van der Waals surface area contributed by atoms with Crippen molar-refractivity contribution in [2.75, 3.05) is 0 Å². The number of phenolic OH excluding ortho intramolecular Hbond substituents is 5. The molecule has 0 aliphatic heterocycles. The summed E-state index contributed by atoms with van der Waals surface area (Å²) < 4.78 is 5.07. The van der Waals surface area contributed by atoms with Gasteiger partial charge < -0.3 is 35.4 Å². The molecule has 6 aromatic rings. The average Bonchev–Trinajstić information content (AvgIpc) is 3.38. The van der Waals surface area contributed by atoms with Gasteiger partial charge in [-0.25, -0.2) is 0 Å². The minimum Gasteiger partial charge on any atom is -0.508 e. The molecule has 0 bridgehead atoms. The molecular formula is C73H104O9. The first-order valence-electron chi connectivity index (χ1n) is 29.2. The molecule has 0 radical (unpaired) electrons. The molecule has 2 unspecified atom stereocenters. The normalized spacial score (nSPS) is 12.0. The molecule has 0 heterocycles. The summed E-state index contributed by atoms with van der Waals surface area (Å²) in [4.78, 5) is 21.8. The largest absolute Gasteiger partial charge is 0.508 e. The molecule has 0 aromatic heterocycles. The number of rotatable bonds is 13. The second kappa shape index (κ2) is 34.6. The predicted octanol–water partition coefficient (Wildman–Crippen LogP) is 20.0. The number of carbonyl (C=O) groups is 2. The SMILES string of the molecule is CC(=O)Oc1ccccc1C(C)C.CC(=O)c1cccc(C(C)C)c1O.CC(C)=C(C)c1cccc(C(C)C)c1O.CC(C)c1cccc(C(C)(O)C(C)C)c1O.CC(C)c1cccc(C(C)C(C)C)c1O.CC(C)c1ccccc1O. The molecule has 0 fully saturated rings. The highest BCUT2D eigenvalue weighted by atomic mass is 16.5. The molecule has 450 valence electrons. The summed E-state index contributed by atoms with van der Waals surface area (Å²) in [6.07, 6.45) is 0. The van der Waals surface area contributed by atoms with E-state index < -0.39 is 5.60 Å². The lowest BCUT2D eigenvalue weighted by Crippen LogP contribution is -2.28. The maximum Gasteiger partial charge on any atom is 0.308 e. The predicted molar refractivity (Wildman–Crippen MR) is 344 cm³/mol. The zero-order chi connectivity index (χ0) is 63.1. The Labute approximate surface area is 495 Å². The number of aromatic hydroxyl groups is 5. The van der Waals surface area contributed by atoms with Crippen molar-refractivity contribution in [1.29, 1.82) is 0 Å². The van der Waals surface area contributed by atoms with Crippen molar-refractivity contribution in [3.63, 3.8) is 0 Å². The van der Waals surface area contributed by atoms with E-state index in [0.29, 0.717) is 69.6 Å². The molecule has 6 rings (SSSR count). The Morgan fingerprint density at radius 1 is 0.402 bits per heavy atom. The third kappa shape index (κ3) is 22.1. The van der Waals surface area contributed by atoms with Gasteiger partial charge in [0.2, 0.25) is 0 Å². The molecule has 9 nitrogen and oxygen atoms in total. The van der Waals surface area contributed by atoms with Gasteiger partial charge in [-0.1, -0.05) is 226 Å². The molecule has 6 N–H and O–H groups in total. The van der Waals surface area contributed by atoms with Crippen LogP contribution in [0.3, 0.4) is 0 Å². The van der Waals surface area contributed by atoms with Crippen LogP contribution < -0.4 is 4.74 Å². The van der Waals surface area contributed by atoms with E-state index in [1.807, 2.05) is 139 Å². The fraction of sp³-hybridized carbons (Fsp3) is 0.452. The first kappa shape index (κ1) is 73.2. The molecule has 0 spiro atoms. The number of esters is 1. The lowest BCUT2D eigenvalue weighted by atomic mass is 9.83. The summed E-state index contributed by atoms with van der Waals surface area (Å²) in [6.45, 7) is 45.9. The Morgan fingerprint density at radius 2 is 0.756 bits per heavy atom. The Morgan fingerprint density at radius 3 is 1.15 bits per heavy atom. The molecular weight excluding hydrogens is 1020 g/mol. The highest BCUT2D eigenvalue weighted by molar-refractivity contribution is 5.97. The van der Waals surface area contributed by atoms with Gasteiger partial charge in [0, 0.05) is 18.1 Å². The maximum atomic E-state index is 11.1. The standard InChI is InChI=1S/C14H22O2.C14H22O.C14H20O.2C11H14O2.C9H12O/c1-9(2)11-7-6-8-12(13(11)15)14(5,16)10(3)4;2*1-9(2)11(5)13-8-6-7-12(10(3)4)14(13)15;1-8(2)10-6-4-5-7-11(10)13-9(3)12;1-7(2)9-5-4-6-10(8(3)12)11(9)13;1-7(2)8-5-3-4-6-9(8)10/h6-10,15-16H,1-5H3;6-11,15H,1-5H3;6-8,10,15H,1-5H3;4-8H,1-3H3;4-7,13H,1-3H3;3-7,10H,1-2H3. The quantitative estimate of drug-likeness (QED) is 0.0375. The summed E-state index contributed by atoms with van der Waals surface area (Å²) >= 11 is 0. The molecule has 0 saturated heterocycles. The van der Waals surface area contributed by atoms with E-state index in [1.54, 1.807) is 31.2 Å². The number of hydrogen-bond donors (Lipinski definition) is 6. The topological polar surface area (TPSA) is 165 Å². The highest BCUT2D eigenvalue weighted by Crippen LogP contribution is 2.40. The van der Waals surface area contributed by atoms with Gasteiger partial charge in [0.25, 0.3) is 0 Å². The number of para-hydroxylation sites is 6. The van der Waals surface area contributed by atoms with Gasteiger partial charge in [-0.05, 0) is 151 Å². The zero-order valence-electron chi connectivity index (χ0n) is 54.2. The van der Waals surface area contributed by atoms with Crippen molar-refractivity contribution >= 4 is 17.3 Å². The third-order valence-corrected chi connectivity index (χ3v) is 14.8. The molecule has 0 aliphatic rings. The van der Waals surface area contributed by atoms with Gasteiger partial charge in [-0.15, -0.1) is 0 Å². The molecule has 0 saturated carbocycles. The number of ketones is 1. The molecule has 9 heteroatoms. The van der Waals surface area contributed by atoms with Crippen molar-refractivity contribution in [3.8, 4) is 34.5 Å². The zero-order valence-corrected chi connectivity index (χ0v) is 54.2. The number of benzene rings is 6. The first-order valence-corrected chi connectivity index (χ1v) is 29.2. The molecule has 82 heavy (non-hydrogen) atoms. The Hall–Kier alpha value is -6.84. The minimum absolute atomic E-state index is 0.0563. The molecule has 0 amide bonds. The van der Waals surface area contributed by atoms with E-state index in [4.69, 9.17) is 4.74 Å². The molecule has 0 aliphatic carbocycles. The van der Waals surface area contributed by atoms with Gasteiger partial charge >= 0.3 is 5.97 Å². The Kier molecular flexibility index (Phi) is 30.8. The number of aliphatic hydroxyl groups is 1. The summed E-state index contributed by atoms with van der Waals surface area (Å²) in [5.41, 5.74) is 10.4. The number of ether oxygens (including phenoxy) is 1. The number of allylic oxidation sites excluding steroid dienone is 2. The van der Waals surface area contributed by atoms with Gasteiger partial charge in [0.05, 0.1) is 11.2 Å². The van der Waals surface area contributed by atoms with E-state index in [0.717, 1.165) is 50.1 Å². The van der Waals surface area contributed by atoms with Crippen LogP contribution >= 0.6 is 0 Å². The Bertz CT molecular complexity index is 2950. The van der Waals surface area contributed by atoms with E-state index in [1.165, 1.54) is 19.4 Å². The van der Waals surface area contributed by atoms with Crippen LogP contribution in [-0.4, -0.2) is 42.4 Å². The lowest BCUT2D eigenvalue weighted by Gasteiger charge is -2.30. The van der Waals surface area contributed by atoms with E-state index in [2.05, 4.69) is 96.9 Å². The second-order valence-electron chi connectivity index (χ2n) is 24.1. The van der Waals surface area contributed by atoms with E-state index >= 15 is 0 Å². The average molecular weight is 1130 g/mol. The van der Waals surface area contributed by atoms with Crippen LogP contribution in [-0.2, 0) is 10.4 Å². The van der Waals surface area contributed by atoms with Crippen LogP contribution in [0.25, 0.3) is 5.57 Å². The number of carbonyl (C=O) groups excluding carboxylic acids is 2. The number of Topliss-reactive ketones (excluding diaryl/α,β-unsaturated/α-hetero) is 1. The van der Waals surface area contributed by atoms with Crippen LogP contribution in [0, 0.1) is 11.8 Å². The fourth-order valence-electron chi connectivity index (χ4n) is 8.61. The van der Waals surface area contributed by atoms with Crippen molar-refractivity contribution in [1.82, 2.24) is 0 Å².